The fraction of sp³-hybridized carbons (Fsp3) is 0.462. The van der Waals surface area contributed by atoms with E-state index >= 15 is 0 Å². The van der Waals surface area contributed by atoms with Gasteiger partial charge in [0.1, 0.15) is 11.0 Å². The summed E-state index contributed by atoms with van der Waals surface area (Å²) in [5.41, 5.74) is 2.73. The molecule has 1 unspecified atom stereocenters. The number of aromatic nitrogens is 3. The number of amides is 1. The van der Waals surface area contributed by atoms with Gasteiger partial charge in [-0.3, -0.25) is 4.79 Å². The largest absolute Gasteiger partial charge is 0.352 e. The minimum absolute atomic E-state index is 0.191. The standard InChI is InChI=1S/C13H15N5O/c19-13(12-8-5-14-6-9(8)12)15-4-7-1-2-10-11(3-7)17-18-16-10/h1-3,8-9,12,14H,4-6H2,(H,15,19)(H,16,17,18)/t8-,9+,12?. The highest BCUT2D eigenvalue weighted by Gasteiger charge is 2.56. The Morgan fingerprint density at radius 3 is 2.89 bits per heavy atom. The van der Waals surface area contributed by atoms with Gasteiger partial charge in [0, 0.05) is 12.5 Å². The summed E-state index contributed by atoms with van der Waals surface area (Å²) in [6.45, 7) is 2.55. The molecule has 0 spiro atoms. The zero-order valence-corrected chi connectivity index (χ0v) is 10.4. The van der Waals surface area contributed by atoms with Crippen molar-refractivity contribution in [1.82, 2.24) is 26.0 Å². The molecule has 4 rings (SSSR count). The van der Waals surface area contributed by atoms with Crippen molar-refractivity contribution >= 4 is 16.9 Å². The lowest BCUT2D eigenvalue weighted by Gasteiger charge is -2.07. The number of hydrogen-bond donors (Lipinski definition) is 3. The molecular weight excluding hydrogens is 242 g/mol. The van der Waals surface area contributed by atoms with Crippen molar-refractivity contribution in [2.75, 3.05) is 13.1 Å². The van der Waals surface area contributed by atoms with Gasteiger partial charge in [-0.1, -0.05) is 6.07 Å². The number of nitrogens with zero attached hydrogens (tertiary/aromatic N) is 2. The maximum atomic E-state index is 12.0. The third kappa shape index (κ3) is 1.79. The van der Waals surface area contributed by atoms with Gasteiger partial charge < -0.3 is 10.6 Å². The van der Waals surface area contributed by atoms with Gasteiger partial charge in [0.15, 0.2) is 0 Å². The summed E-state index contributed by atoms with van der Waals surface area (Å²) in [4.78, 5) is 12.0. The molecule has 2 aliphatic rings. The Kier molecular flexibility index (Phi) is 2.32. The van der Waals surface area contributed by atoms with E-state index in [0.29, 0.717) is 18.4 Å². The van der Waals surface area contributed by atoms with Crippen LogP contribution in [0.25, 0.3) is 11.0 Å². The second kappa shape index (κ2) is 4.03. The molecule has 3 atom stereocenters. The van der Waals surface area contributed by atoms with Crippen LogP contribution in [0.2, 0.25) is 0 Å². The van der Waals surface area contributed by atoms with E-state index in [1.54, 1.807) is 0 Å². The SMILES string of the molecule is O=C(NCc1ccc2n[nH]nc2c1)C1[C@H]2CNC[C@@H]12. The molecule has 1 aliphatic heterocycles. The third-order valence-corrected chi connectivity index (χ3v) is 4.24. The second-order valence-corrected chi connectivity index (χ2v) is 5.38. The molecule has 98 valence electrons. The molecule has 1 amide bonds. The Balaban J connectivity index is 1.40. The van der Waals surface area contributed by atoms with E-state index in [1.807, 2.05) is 18.2 Å². The smallest absolute Gasteiger partial charge is 0.224 e. The topological polar surface area (TPSA) is 82.7 Å². The van der Waals surface area contributed by atoms with Crippen LogP contribution in [0.15, 0.2) is 18.2 Å². The van der Waals surface area contributed by atoms with E-state index in [-0.39, 0.29) is 11.8 Å². The number of hydrogen-bond acceptors (Lipinski definition) is 4. The van der Waals surface area contributed by atoms with Gasteiger partial charge in [0.25, 0.3) is 0 Å². The summed E-state index contributed by atoms with van der Waals surface area (Å²) >= 11 is 0. The lowest BCUT2D eigenvalue weighted by Crippen LogP contribution is -2.29. The van der Waals surface area contributed by atoms with Gasteiger partial charge in [-0.05, 0) is 42.6 Å². The van der Waals surface area contributed by atoms with Crippen LogP contribution in [0.4, 0.5) is 0 Å². The average Bonchev–Trinajstić information content (AvgIpc) is 2.85. The fourth-order valence-electron chi connectivity index (χ4n) is 3.11. The van der Waals surface area contributed by atoms with E-state index in [0.717, 1.165) is 29.7 Å². The summed E-state index contributed by atoms with van der Waals surface area (Å²) in [5.74, 6) is 1.56. The molecule has 0 bridgehead atoms. The normalized spacial score (nSPS) is 28.3. The second-order valence-electron chi connectivity index (χ2n) is 5.38. The van der Waals surface area contributed by atoms with Gasteiger partial charge in [-0.25, -0.2) is 0 Å². The van der Waals surface area contributed by atoms with E-state index in [2.05, 4.69) is 26.0 Å². The number of carbonyl (C=O) groups is 1. The van der Waals surface area contributed by atoms with Crippen molar-refractivity contribution < 1.29 is 4.79 Å². The van der Waals surface area contributed by atoms with Crippen molar-refractivity contribution in [3.63, 3.8) is 0 Å². The first kappa shape index (κ1) is 10.9. The average molecular weight is 257 g/mol. The molecule has 2 aromatic rings. The molecule has 0 radical (unpaired) electrons. The fourth-order valence-corrected chi connectivity index (χ4v) is 3.11. The summed E-state index contributed by atoms with van der Waals surface area (Å²) < 4.78 is 0. The molecule has 2 fully saturated rings. The molecule has 3 N–H and O–H groups in total. The highest BCUT2D eigenvalue weighted by Crippen LogP contribution is 2.48. The third-order valence-electron chi connectivity index (χ3n) is 4.24. The molecule has 1 aromatic heterocycles. The van der Waals surface area contributed by atoms with Gasteiger partial charge in [0.05, 0.1) is 0 Å². The van der Waals surface area contributed by atoms with Crippen LogP contribution >= 0.6 is 0 Å². The number of benzene rings is 1. The zero-order chi connectivity index (χ0) is 12.8. The Hall–Kier alpha value is -1.95. The van der Waals surface area contributed by atoms with Gasteiger partial charge >= 0.3 is 0 Å². The predicted molar refractivity (Wildman–Crippen MR) is 69.1 cm³/mol. The summed E-state index contributed by atoms with van der Waals surface area (Å²) in [7, 11) is 0. The van der Waals surface area contributed by atoms with E-state index in [4.69, 9.17) is 0 Å². The number of piperidine rings is 1. The predicted octanol–water partition coefficient (Wildman–Crippen LogP) is 0.0395. The number of rotatable bonds is 3. The van der Waals surface area contributed by atoms with Gasteiger partial charge in [-0.15, -0.1) is 0 Å². The molecular formula is C13H15N5O. The number of nitrogens with one attached hydrogen (secondary N) is 3. The summed E-state index contributed by atoms with van der Waals surface area (Å²) in [6.07, 6.45) is 0. The first-order valence-electron chi connectivity index (χ1n) is 6.61. The first-order valence-corrected chi connectivity index (χ1v) is 6.61. The van der Waals surface area contributed by atoms with Crippen LogP contribution in [0.5, 0.6) is 0 Å². The molecule has 6 heteroatoms. The van der Waals surface area contributed by atoms with Crippen molar-refractivity contribution in [2.45, 2.75) is 6.54 Å². The van der Waals surface area contributed by atoms with Crippen LogP contribution in [0, 0.1) is 17.8 Å². The molecule has 1 aliphatic carbocycles. The Labute approximate surface area is 110 Å². The van der Waals surface area contributed by atoms with Crippen LogP contribution in [0.1, 0.15) is 5.56 Å². The maximum absolute atomic E-state index is 12.0. The van der Waals surface area contributed by atoms with Crippen LogP contribution in [-0.4, -0.2) is 34.4 Å². The van der Waals surface area contributed by atoms with E-state index < -0.39 is 0 Å². The van der Waals surface area contributed by atoms with Crippen LogP contribution in [-0.2, 0) is 11.3 Å². The number of carbonyl (C=O) groups excluding carboxylic acids is 1. The van der Waals surface area contributed by atoms with E-state index in [9.17, 15) is 4.79 Å². The Morgan fingerprint density at radius 1 is 1.26 bits per heavy atom. The quantitative estimate of drug-likeness (QED) is 0.725. The molecule has 19 heavy (non-hydrogen) atoms. The molecule has 6 nitrogen and oxygen atoms in total. The highest BCUT2D eigenvalue weighted by atomic mass is 16.2. The van der Waals surface area contributed by atoms with Gasteiger partial charge in [0.2, 0.25) is 5.91 Å². The molecule has 1 saturated carbocycles. The lowest BCUT2D eigenvalue weighted by atomic mass is 10.2. The number of H-pyrrole nitrogens is 1. The maximum Gasteiger partial charge on any atom is 0.224 e. The van der Waals surface area contributed by atoms with Crippen molar-refractivity contribution in [2.24, 2.45) is 17.8 Å². The lowest BCUT2D eigenvalue weighted by molar-refractivity contribution is -0.123. The molecule has 1 aromatic carbocycles. The van der Waals surface area contributed by atoms with E-state index in [1.165, 1.54) is 0 Å². The monoisotopic (exact) mass is 257 g/mol. The minimum atomic E-state index is 0.191. The van der Waals surface area contributed by atoms with Crippen LogP contribution < -0.4 is 10.6 Å². The van der Waals surface area contributed by atoms with Gasteiger partial charge in [-0.2, -0.15) is 15.4 Å². The Morgan fingerprint density at radius 2 is 2.05 bits per heavy atom. The number of fused-ring (bicyclic) bond motifs is 2. The summed E-state index contributed by atoms with van der Waals surface area (Å²) in [5, 5.41) is 17.0. The first-order chi connectivity index (χ1) is 9.33. The summed E-state index contributed by atoms with van der Waals surface area (Å²) in [6, 6.07) is 5.84. The van der Waals surface area contributed by atoms with Crippen LogP contribution in [0.3, 0.4) is 0 Å². The van der Waals surface area contributed by atoms with Crippen molar-refractivity contribution in [3.05, 3.63) is 23.8 Å². The highest BCUT2D eigenvalue weighted by molar-refractivity contribution is 5.82. The van der Waals surface area contributed by atoms with Crippen molar-refractivity contribution in [1.29, 1.82) is 0 Å². The minimum Gasteiger partial charge on any atom is -0.352 e. The number of aromatic amines is 1. The zero-order valence-electron chi connectivity index (χ0n) is 10.4. The van der Waals surface area contributed by atoms with Crippen molar-refractivity contribution in [3.8, 4) is 0 Å². The molecule has 2 heterocycles. The molecule has 1 saturated heterocycles. The Bertz CT molecular complexity index is 627.